The van der Waals surface area contributed by atoms with Crippen molar-refractivity contribution in [3.05, 3.63) is 114 Å². The molecule has 0 unspecified atom stereocenters. The second-order valence-electron chi connectivity index (χ2n) is 12.5. The summed E-state index contributed by atoms with van der Waals surface area (Å²) in [7, 11) is 0. The standard InChI is InChI=1S/C35H34N2O/c1-33(2,3)27-21-35(22-28(31(27)38)34(4,5)6)26-20-14-13-19-25(26)30-29(23-15-9-7-10-16-23)36-32(37(30)35)24-17-11-8-12-18-24/h7-22H,1-6H3. The number of allylic oxidation sites excluding steroid dienone is 4. The van der Waals surface area contributed by atoms with E-state index in [1.54, 1.807) is 0 Å². The molecule has 0 fully saturated rings. The molecule has 6 rings (SSSR count). The van der Waals surface area contributed by atoms with E-state index in [4.69, 9.17) is 4.98 Å². The third-order valence-corrected chi connectivity index (χ3v) is 7.77. The fourth-order valence-corrected chi connectivity index (χ4v) is 5.92. The van der Waals surface area contributed by atoms with E-state index in [0.717, 1.165) is 45.0 Å². The summed E-state index contributed by atoms with van der Waals surface area (Å²) in [5, 5.41) is 0. The summed E-state index contributed by atoms with van der Waals surface area (Å²) in [5.74, 6) is 1.05. The van der Waals surface area contributed by atoms with Gasteiger partial charge in [-0.05, 0) is 28.5 Å². The second kappa shape index (κ2) is 8.26. The molecular formula is C35H34N2O. The molecule has 2 aliphatic rings. The Morgan fingerprint density at radius 2 is 1.16 bits per heavy atom. The van der Waals surface area contributed by atoms with E-state index in [2.05, 4.69) is 131 Å². The van der Waals surface area contributed by atoms with Gasteiger partial charge in [0.05, 0.1) is 11.4 Å². The van der Waals surface area contributed by atoms with Crippen LogP contribution in [0.1, 0.15) is 47.1 Å². The maximum absolute atomic E-state index is 14.0. The van der Waals surface area contributed by atoms with Crippen molar-refractivity contribution < 1.29 is 4.79 Å². The van der Waals surface area contributed by atoms with E-state index in [1.807, 2.05) is 12.1 Å². The molecule has 0 saturated heterocycles. The van der Waals surface area contributed by atoms with Gasteiger partial charge in [-0.2, -0.15) is 0 Å². The van der Waals surface area contributed by atoms with Crippen molar-refractivity contribution in [2.45, 2.75) is 47.1 Å². The van der Waals surface area contributed by atoms with Crippen LogP contribution in [0.5, 0.6) is 0 Å². The monoisotopic (exact) mass is 498 g/mol. The maximum atomic E-state index is 14.0. The molecule has 0 atom stereocenters. The van der Waals surface area contributed by atoms with Crippen molar-refractivity contribution in [3.63, 3.8) is 0 Å². The van der Waals surface area contributed by atoms with Gasteiger partial charge in [0.15, 0.2) is 5.78 Å². The molecule has 1 spiro atoms. The van der Waals surface area contributed by atoms with Gasteiger partial charge in [0.2, 0.25) is 0 Å². The lowest BCUT2D eigenvalue weighted by Crippen LogP contribution is -2.38. The lowest BCUT2D eigenvalue weighted by atomic mass is 9.67. The fraction of sp³-hybridized carbons (Fsp3) is 0.257. The van der Waals surface area contributed by atoms with Gasteiger partial charge in [0.25, 0.3) is 0 Å². The number of nitrogens with zero attached hydrogens (tertiary/aromatic N) is 2. The normalized spacial score (nSPS) is 16.2. The first-order valence-electron chi connectivity index (χ1n) is 13.4. The van der Waals surface area contributed by atoms with Gasteiger partial charge < -0.3 is 4.57 Å². The summed E-state index contributed by atoms with van der Waals surface area (Å²) >= 11 is 0. The van der Waals surface area contributed by atoms with Crippen LogP contribution in [0.3, 0.4) is 0 Å². The minimum Gasteiger partial charge on any atom is -0.306 e. The van der Waals surface area contributed by atoms with Crippen LogP contribution in [0.2, 0.25) is 0 Å². The number of Topliss-reactive ketones (excluding diaryl/α,β-unsaturated/α-hetero) is 1. The first kappa shape index (κ1) is 24.4. The van der Waals surface area contributed by atoms with Crippen molar-refractivity contribution >= 4 is 5.78 Å². The number of hydrogen-bond acceptors (Lipinski definition) is 2. The van der Waals surface area contributed by atoms with E-state index in [9.17, 15) is 4.79 Å². The van der Waals surface area contributed by atoms with Crippen LogP contribution in [-0.4, -0.2) is 15.3 Å². The molecular weight excluding hydrogens is 464 g/mol. The van der Waals surface area contributed by atoms with Crippen molar-refractivity contribution in [2.75, 3.05) is 0 Å². The number of benzene rings is 3. The number of rotatable bonds is 2. The van der Waals surface area contributed by atoms with Gasteiger partial charge in [0.1, 0.15) is 11.4 Å². The fourth-order valence-electron chi connectivity index (χ4n) is 5.92. The first-order valence-corrected chi connectivity index (χ1v) is 13.4. The minimum atomic E-state index is -0.670. The Labute approximate surface area is 225 Å². The third kappa shape index (κ3) is 3.56. The van der Waals surface area contributed by atoms with Crippen LogP contribution < -0.4 is 0 Å². The quantitative estimate of drug-likeness (QED) is 0.278. The van der Waals surface area contributed by atoms with E-state index in [1.165, 1.54) is 5.56 Å². The molecule has 0 amide bonds. The van der Waals surface area contributed by atoms with Gasteiger partial charge in [-0.1, -0.05) is 126 Å². The van der Waals surface area contributed by atoms with Crippen LogP contribution in [0.4, 0.5) is 0 Å². The highest BCUT2D eigenvalue weighted by molar-refractivity contribution is 6.11. The lowest BCUT2D eigenvalue weighted by molar-refractivity contribution is -0.114. The van der Waals surface area contributed by atoms with Crippen molar-refractivity contribution in [3.8, 4) is 33.9 Å². The zero-order valence-corrected chi connectivity index (χ0v) is 23.0. The van der Waals surface area contributed by atoms with E-state index < -0.39 is 5.54 Å². The predicted octanol–water partition coefficient (Wildman–Crippen LogP) is 8.47. The summed E-state index contributed by atoms with van der Waals surface area (Å²) in [5.41, 5.74) is 6.92. The molecule has 3 heteroatoms. The molecule has 3 nitrogen and oxygen atoms in total. The smallest absolute Gasteiger partial charge is 0.185 e. The number of hydrogen-bond donors (Lipinski definition) is 0. The highest BCUT2D eigenvalue weighted by Gasteiger charge is 2.49. The van der Waals surface area contributed by atoms with Gasteiger partial charge in [-0.3, -0.25) is 4.79 Å². The highest BCUT2D eigenvalue weighted by Crippen LogP contribution is 2.55. The number of carbonyl (C=O) groups is 1. The third-order valence-electron chi connectivity index (χ3n) is 7.77. The van der Waals surface area contributed by atoms with Gasteiger partial charge in [-0.15, -0.1) is 0 Å². The molecule has 1 aromatic heterocycles. The van der Waals surface area contributed by atoms with Crippen LogP contribution >= 0.6 is 0 Å². The molecule has 0 saturated carbocycles. The lowest BCUT2D eigenvalue weighted by Gasteiger charge is -2.39. The Morgan fingerprint density at radius 1 is 0.658 bits per heavy atom. The van der Waals surface area contributed by atoms with Crippen LogP contribution in [0.15, 0.2) is 108 Å². The van der Waals surface area contributed by atoms with E-state index >= 15 is 0 Å². The van der Waals surface area contributed by atoms with Gasteiger partial charge >= 0.3 is 0 Å². The number of fused-ring (bicyclic) bond motifs is 5. The topological polar surface area (TPSA) is 34.9 Å². The Morgan fingerprint density at radius 3 is 1.71 bits per heavy atom. The average Bonchev–Trinajstić information content (AvgIpc) is 3.41. The van der Waals surface area contributed by atoms with Crippen molar-refractivity contribution in [2.24, 2.45) is 10.8 Å². The number of aromatic nitrogens is 2. The van der Waals surface area contributed by atoms with Crippen LogP contribution in [-0.2, 0) is 10.3 Å². The highest BCUT2D eigenvalue weighted by atomic mass is 16.1. The molecule has 1 aliphatic carbocycles. The summed E-state index contributed by atoms with van der Waals surface area (Å²) in [4.78, 5) is 19.3. The maximum Gasteiger partial charge on any atom is 0.185 e. The number of ketones is 1. The summed E-state index contributed by atoms with van der Waals surface area (Å²) < 4.78 is 2.39. The number of imidazole rings is 1. The molecule has 3 aromatic carbocycles. The average molecular weight is 499 g/mol. The zero-order chi connectivity index (χ0) is 26.9. The molecule has 2 heterocycles. The Hall–Kier alpha value is -3.98. The van der Waals surface area contributed by atoms with E-state index in [-0.39, 0.29) is 16.6 Å². The molecule has 38 heavy (non-hydrogen) atoms. The SMILES string of the molecule is CC(C)(C)C1=CC2(C=C(C(C)(C)C)C1=O)c1ccccc1-c1c(-c3ccccc3)nc(-c3ccccc3)n12. The summed E-state index contributed by atoms with van der Waals surface area (Å²) in [6.45, 7) is 12.8. The van der Waals surface area contributed by atoms with Crippen molar-refractivity contribution in [1.82, 2.24) is 9.55 Å². The van der Waals surface area contributed by atoms with Gasteiger partial charge in [0, 0.05) is 27.8 Å². The first-order chi connectivity index (χ1) is 18.0. The predicted molar refractivity (Wildman–Crippen MR) is 156 cm³/mol. The summed E-state index contributed by atoms with van der Waals surface area (Å²) in [6, 6.07) is 29.4. The van der Waals surface area contributed by atoms with E-state index in [0.29, 0.717) is 0 Å². The van der Waals surface area contributed by atoms with Gasteiger partial charge in [-0.25, -0.2) is 4.98 Å². The zero-order valence-electron chi connectivity index (χ0n) is 23.0. The molecule has 0 bridgehead atoms. The van der Waals surface area contributed by atoms with Crippen LogP contribution in [0.25, 0.3) is 33.9 Å². The molecule has 0 radical (unpaired) electrons. The minimum absolute atomic E-state index is 0.145. The Kier molecular flexibility index (Phi) is 5.30. The molecule has 0 N–H and O–H groups in total. The Bertz CT molecular complexity index is 1590. The number of carbonyl (C=O) groups excluding carboxylic acids is 1. The molecule has 4 aromatic rings. The Balaban J connectivity index is 1.80. The van der Waals surface area contributed by atoms with Crippen molar-refractivity contribution in [1.29, 1.82) is 0 Å². The molecule has 190 valence electrons. The van der Waals surface area contributed by atoms with Crippen LogP contribution in [0, 0.1) is 10.8 Å². The largest absolute Gasteiger partial charge is 0.306 e. The second-order valence-corrected chi connectivity index (χ2v) is 12.5. The summed E-state index contributed by atoms with van der Waals surface area (Å²) in [6.07, 6.45) is 4.45. The molecule has 1 aliphatic heterocycles.